The molecule has 2 aliphatic rings. The van der Waals surface area contributed by atoms with Crippen LogP contribution in [-0.2, 0) is 22.4 Å². The maximum atomic E-state index is 12.4. The largest absolute Gasteiger partial charge is 0.493 e. The average molecular weight is 302 g/mol. The highest BCUT2D eigenvalue weighted by Crippen LogP contribution is 2.26. The summed E-state index contributed by atoms with van der Waals surface area (Å²) in [5, 5.41) is 0. The van der Waals surface area contributed by atoms with Crippen LogP contribution in [0.25, 0.3) is 0 Å². The van der Waals surface area contributed by atoms with Crippen molar-refractivity contribution in [2.75, 3.05) is 32.8 Å². The summed E-state index contributed by atoms with van der Waals surface area (Å²) < 4.78 is 5.49. The van der Waals surface area contributed by atoms with E-state index in [0.717, 1.165) is 24.3 Å². The number of benzene rings is 1. The number of carbonyl (C=O) groups excluding carboxylic acids is 2. The zero-order valence-corrected chi connectivity index (χ0v) is 13.0. The Bertz CT molecular complexity index is 577. The summed E-state index contributed by atoms with van der Waals surface area (Å²) in [5.74, 6) is 1.26. The van der Waals surface area contributed by atoms with Gasteiger partial charge in [-0.3, -0.25) is 9.59 Å². The maximum Gasteiger partial charge on any atom is 0.227 e. The Morgan fingerprint density at radius 3 is 2.45 bits per heavy atom. The van der Waals surface area contributed by atoms with Crippen LogP contribution in [0.5, 0.6) is 5.75 Å². The molecular formula is C17H22N2O3. The van der Waals surface area contributed by atoms with Crippen molar-refractivity contribution in [2.24, 2.45) is 0 Å². The fourth-order valence-corrected chi connectivity index (χ4v) is 3.07. The first-order valence-corrected chi connectivity index (χ1v) is 7.97. The highest BCUT2D eigenvalue weighted by molar-refractivity contribution is 5.80. The van der Waals surface area contributed by atoms with Crippen molar-refractivity contribution in [3.8, 4) is 5.75 Å². The van der Waals surface area contributed by atoms with Crippen LogP contribution in [0, 0.1) is 0 Å². The Kier molecular flexibility index (Phi) is 4.32. The molecule has 0 bridgehead atoms. The van der Waals surface area contributed by atoms with Crippen molar-refractivity contribution in [1.82, 2.24) is 9.80 Å². The van der Waals surface area contributed by atoms with Crippen LogP contribution in [0.15, 0.2) is 18.2 Å². The fraction of sp³-hybridized carbons (Fsp3) is 0.529. The highest BCUT2D eigenvalue weighted by Gasteiger charge is 2.23. The lowest BCUT2D eigenvalue weighted by Gasteiger charge is -2.34. The average Bonchev–Trinajstić information content (AvgIpc) is 3.02. The number of nitrogens with zero attached hydrogens (tertiary/aromatic N) is 2. The Balaban J connectivity index is 1.56. The van der Waals surface area contributed by atoms with Crippen molar-refractivity contribution >= 4 is 11.8 Å². The second kappa shape index (κ2) is 6.38. The van der Waals surface area contributed by atoms with E-state index in [1.54, 1.807) is 0 Å². The summed E-state index contributed by atoms with van der Waals surface area (Å²) in [5.41, 5.74) is 2.24. The Morgan fingerprint density at radius 1 is 1.09 bits per heavy atom. The molecule has 5 heteroatoms. The highest BCUT2D eigenvalue weighted by atomic mass is 16.5. The lowest BCUT2D eigenvalue weighted by molar-refractivity contribution is -0.139. The molecule has 3 rings (SSSR count). The minimum atomic E-state index is 0.141. The first-order chi connectivity index (χ1) is 10.7. The molecule has 1 fully saturated rings. The molecule has 1 aromatic carbocycles. The fourth-order valence-electron chi connectivity index (χ4n) is 3.07. The van der Waals surface area contributed by atoms with Gasteiger partial charge >= 0.3 is 0 Å². The van der Waals surface area contributed by atoms with Gasteiger partial charge in [-0.25, -0.2) is 0 Å². The standard InChI is InChI=1S/C17H22N2O3/c1-2-16(20)18-6-8-19(9-7-18)17(21)12-13-3-4-15-14(11-13)5-10-22-15/h3-4,11H,2,5-10,12H2,1H3. The summed E-state index contributed by atoms with van der Waals surface area (Å²) in [7, 11) is 0. The molecule has 1 saturated heterocycles. The number of amides is 2. The third-order valence-electron chi connectivity index (χ3n) is 4.40. The molecule has 0 atom stereocenters. The number of fused-ring (bicyclic) bond motifs is 1. The summed E-state index contributed by atoms with van der Waals surface area (Å²) in [6.07, 6.45) is 1.88. The van der Waals surface area contributed by atoms with Gasteiger partial charge in [-0.05, 0) is 17.2 Å². The monoisotopic (exact) mass is 302 g/mol. The third-order valence-corrected chi connectivity index (χ3v) is 4.40. The summed E-state index contributed by atoms with van der Waals surface area (Å²) in [6, 6.07) is 6.01. The van der Waals surface area contributed by atoms with Crippen molar-refractivity contribution in [2.45, 2.75) is 26.2 Å². The van der Waals surface area contributed by atoms with Gasteiger partial charge in [-0.1, -0.05) is 19.1 Å². The molecule has 0 aliphatic carbocycles. The number of ether oxygens (including phenoxy) is 1. The van der Waals surface area contributed by atoms with E-state index >= 15 is 0 Å². The van der Waals surface area contributed by atoms with E-state index < -0.39 is 0 Å². The predicted octanol–water partition coefficient (Wildman–Crippen LogP) is 1.24. The van der Waals surface area contributed by atoms with E-state index in [0.29, 0.717) is 39.0 Å². The van der Waals surface area contributed by atoms with Crippen molar-refractivity contribution < 1.29 is 14.3 Å². The molecule has 0 saturated carbocycles. The van der Waals surface area contributed by atoms with Crippen molar-refractivity contribution in [3.63, 3.8) is 0 Å². The van der Waals surface area contributed by atoms with E-state index in [4.69, 9.17) is 4.74 Å². The van der Waals surface area contributed by atoms with Gasteiger partial charge in [0.25, 0.3) is 0 Å². The number of piperazine rings is 1. The van der Waals surface area contributed by atoms with E-state index in [1.807, 2.05) is 28.9 Å². The molecular weight excluding hydrogens is 280 g/mol. The van der Waals surface area contributed by atoms with Crippen LogP contribution in [0.1, 0.15) is 24.5 Å². The molecule has 1 aromatic rings. The topological polar surface area (TPSA) is 49.9 Å². The lowest BCUT2D eigenvalue weighted by Crippen LogP contribution is -2.50. The Labute approximate surface area is 130 Å². The summed E-state index contributed by atoms with van der Waals surface area (Å²) >= 11 is 0. The predicted molar refractivity (Wildman–Crippen MR) is 82.8 cm³/mol. The third kappa shape index (κ3) is 3.08. The molecule has 22 heavy (non-hydrogen) atoms. The van der Waals surface area contributed by atoms with E-state index in [2.05, 4.69) is 6.07 Å². The van der Waals surface area contributed by atoms with Gasteiger partial charge in [0.15, 0.2) is 0 Å². The molecule has 0 aromatic heterocycles. The first kappa shape index (κ1) is 14.9. The van der Waals surface area contributed by atoms with Crippen LogP contribution >= 0.6 is 0 Å². The maximum absolute atomic E-state index is 12.4. The summed E-state index contributed by atoms with van der Waals surface area (Å²) in [6.45, 7) is 5.18. The van der Waals surface area contributed by atoms with Gasteiger partial charge in [-0.15, -0.1) is 0 Å². The number of rotatable bonds is 3. The quantitative estimate of drug-likeness (QED) is 0.844. The molecule has 5 nitrogen and oxygen atoms in total. The van der Waals surface area contributed by atoms with E-state index in [1.165, 1.54) is 5.56 Å². The second-order valence-corrected chi connectivity index (χ2v) is 5.83. The number of hydrogen-bond acceptors (Lipinski definition) is 3. The molecule has 2 amide bonds. The Hall–Kier alpha value is -2.04. The zero-order valence-electron chi connectivity index (χ0n) is 13.0. The van der Waals surface area contributed by atoms with Crippen molar-refractivity contribution in [3.05, 3.63) is 29.3 Å². The van der Waals surface area contributed by atoms with Crippen LogP contribution in [0.2, 0.25) is 0 Å². The smallest absolute Gasteiger partial charge is 0.227 e. The van der Waals surface area contributed by atoms with E-state index in [-0.39, 0.29) is 11.8 Å². The van der Waals surface area contributed by atoms with Crippen LogP contribution < -0.4 is 4.74 Å². The van der Waals surface area contributed by atoms with Gasteiger partial charge in [0, 0.05) is 39.0 Å². The second-order valence-electron chi connectivity index (χ2n) is 5.83. The molecule has 2 aliphatic heterocycles. The zero-order chi connectivity index (χ0) is 15.5. The van der Waals surface area contributed by atoms with Gasteiger partial charge < -0.3 is 14.5 Å². The van der Waals surface area contributed by atoms with Gasteiger partial charge in [-0.2, -0.15) is 0 Å². The lowest BCUT2D eigenvalue weighted by atomic mass is 10.1. The summed E-state index contributed by atoms with van der Waals surface area (Å²) in [4.78, 5) is 27.8. The van der Waals surface area contributed by atoms with Crippen LogP contribution in [0.4, 0.5) is 0 Å². The van der Waals surface area contributed by atoms with E-state index in [9.17, 15) is 9.59 Å². The first-order valence-electron chi connectivity index (χ1n) is 7.97. The van der Waals surface area contributed by atoms with Crippen LogP contribution in [-0.4, -0.2) is 54.4 Å². The molecule has 118 valence electrons. The van der Waals surface area contributed by atoms with Crippen molar-refractivity contribution in [1.29, 1.82) is 0 Å². The number of hydrogen-bond donors (Lipinski definition) is 0. The molecule has 2 heterocycles. The van der Waals surface area contributed by atoms with Gasteiger partial charge in [0.2, 0.25) is 11.8 Å². The van der Waals surface area contributed by atoms with Crippen LogP contribution in [0.3, 0.4) is 0 Å². The Morgan fingerprint density at radius 2 is 1.77 bits per heavy atom. The molecule has 0 unspecified atom stereocenters. The van der Waals surface area contributed by atoms with Gasteiger partial charge in [0.1, 0.15) is 5.75 Å². The SMILES string of the molecule is CCC(=O)N1CCN(C(=O)Cc2ccc3c(c2)CCO3)CC1. The minimum absolute atomic E-state index is 0.141. The number of carbonyl (C=O) groups is 2. The van der Waals surface area contributed by atoms with Gasteiger partial charge in [0.05, 0.1) is 13.0 Å². The molecule has 0 N–H and O–H groups in total. The normalized spacial score (nSPS) is 17.1. The minimum Gasteiger partial charge on any atom is -0.493 e. The molecule has 0 spiro atoms. The molecule has 0 radical (unpaired) electrons.